The molecule has 0 amide bonds. The van der Waals surface area contributed by atoms with Crippen LogP contribution in [0.2, 0.25) is 5.02 Å². The van der Waals surface area contributed by atoms with Crippen molar-refractivity contribution in [2.24, 2.45) is 0 Å². The number of nitrogens with zero attached hydrogens (tertiary/aromatic N) is 3. The molecule has 23 heavy (non-hydrogen) atoms. The molecule has 0 atom stereocenters. The fourth-order valence-corrected chi connectivity index (χ4v) is 2.05. The van der Waals surface area contributed by atoms with Crippen LogP contribution in [-0.4, -0.2) is 15.1 Å². The van der Waals surface area contributed by atoms with Crippen LogP contribution in [0.25, 0.3) is 11.4 Å². The summed E-state index contributed by atoms with van der Waals surface area (Å²) in [4.78, 5) is 14.3. The third kappa shape index (κ3) is 3.46. The van der Waals surface area contributed by atoms with Crippen molar-refractivity contribution in [2.45, 2.75) is 6.61 Å². The fourth-order valence-electron chi connectivity index (χ4n) is 1.86. The quantitative estimate of drug-likeness (QED) is 0.520. The molecule has 0 N–H and O–H groups in total. The van der Waals surface area contributed by atoms with Gasteiger partial charge < -0.3 is 9.26 Å². The highest BCUT2D eigenvalue weighted by molar-refractivity contribution is 6.32. The van der Waals surface area contributed by atoms with E-state index in [1.165, 1.54) is 12.1 Å². The van der Waals surface area contributed by atoms with Crippen molar-refractivity contribution in [3.63, 3.8) is 0 Å². The van der Waals surface area contributed by atoms with E-state index in [9.17, 15) is 10.1 Å². The summed E-state index contributed by atoms with van der Waals surface area (Å²) < 4.78 is 10.6. The molecule has 0 saturated carbocycles. The Morgan fingerprint density at radius 2 is 1.91 bits per heavy atom. The van der Waals surface area contributed by atoms with Crippen LogP contribution in [0.4, 0.5) is 5.69 Å². The summed E-state index contributed by atoms with van der Waals surface area (Å²) in [5.41, 5.74) is 0.614. The van der Waals surface area contributed by atoms with E-state index in [0.29, 0.717) is 22.2 Å². The van der Waals surface area contributed by atoms with Crippen LogP contribution in [0.1, 0.15) is 5.89 Å². The predicted octanol–water partition coefficient (Wildman–Crippen LogP) is 3.88. The molecule has 0 aliphatic heterocycles. The van der Waals surface area contributed by atoms with E-state index < -0.39 is 4.92 Å². The number of aromatic nitrogens is 2. The number of non-ortho nitro benzene ring substituents is 1. The molecule has 8 heteroatoms. The highest BCUT2D eigenvalue weighted by Gasteiger charge is 2.12. The molecular weight excluding hydrogens is 322 g/mol. The lowest BCUT2D eigenvalue weighted by Gasteiger charge is -2.04. The maximum Gasteiger partial charge on any atom is 0.269 e. The molecule has 0 aliphatic rings. The Bertz CT molecular complexity index is 833. The zero-order valence-corrected chi connectivity index (χ0v) is 12.4. The first-order valence-corrected chi connectivity index (χ1v) is 6.96. The van der Waals surface area contributed by atoms with E-state index in [1.807, 2.05) is 0 Å². The Morgan fingerprint density at radius 1 is 1.17 bits per heavy atom. The molecule has 0 spiro atoms. The highest BCUT2D eigenvalue weighted by Crippen LogP contribution is 2.24. The lowest BCUT2D eigenvalue weighted by molar-refractivity contribution is -0.384. The first kappa shape index (κ1) is 15.0. The monoisotopic (exact) mass is 331 g/mol. The molecule has 0 fully saturated rings. The number of para-hydroxylation sites is 1. The van der Waals surface area contributed by atoms with Gasteiger partial charge in [0.1, 0.15) is 5.75 Å². The first-order chi connectivity index (χ1) is 11.1. The zero-order valence-electron chi connectivity index (χ0n) is 11.7. The Hall–Kier alpha value is -2.93. The van der Waals surface area contributed by atoms with Crippen molar-refractivity contribution >= 4 is 17.3 Å². The normalized spacial score (nSPS) is 10.5. The summed E-state index contributed by atoms with van der Waals surface area (Å²) in [5.74, 6) is 1.13. The highest BCUT2D eigenvalue weighted by atomic mass is 35.5. The average Bonchev–Trinajstić information content (AvgIpc) is 3.03. The average molecular weight is 332 g/mol. The van der Waals surface area contributed by atoms with Crippen molar-refractivity contribution in [1.29, 1.82) is 0 Å². The second kappa shape index (κ2) is 6.45. The molecular formula is C15H10ClN3O4. The smallest absolute Gasteiger partial charge is 0.269 e. The second-order valence-corrected chi connectivity index (χ2v) is 4.94. The van der Waals surface area contributed by atoms with Crippen LogP contribution in [0, 0.1) is 10.1 Å². The molecule has 0 bridgehead atoms. The summed E-state index contributed by atoms with van der Waals surface area (Å²) in [7, 11) is 0. The van der Waals surface area contributed by atoms with Gasteiger partial charge in [-0.15, -0.1) is 0 Å². The van der Waals surface area contributed by atoms with Gasteiger partial charge in [0, 0.05) is 17.7 Å². The topological polar surface area (TPSA) is 91.3 Å². The summed E-state index contributed by atoms with van der Waals surface area (Å²) >= 11 is 5.99. The van der Waals surface area contributed by atoms with Gasteiger partial charge in [0.15, 0.2) is 6.61 Å². The number of benzene rings is 2. The molecule has 0 unspecified atom stereocenters. The molecule has 0 saturated heterocycles. The van der Waals surface area contributed by atoms with Crippen molar-refractivity contribution in [3.05, 3.63) is 69.6 Å². The molecule has 3 aromatic rings. The van der Waals surface area contributed by atoms with Crippen LogP contribution >= 0.6 is 11.6 Å². The minimum Gasteiger partial charge on any atom is -0.482 e. The predicted molar refractivity (Wildman–Crippen MR) is 82.2 cm³/mol. The van der Waals surface area contributed by atoms with E-state index in [2.05, 4.69) is 10.1 Å². The van der Waals surface area contributed by atoms with Gasteiger partial charge in [0.05, 0.1) is 9.95 Å². The second-order valence-electron chi connectivity index (χ2n) is 4.53. The number of nitro benzene ring substituents is 1. The van der Waals surface area contributed by atoms with Gasteiger partial charge >= 0.3 is 0 Å². The van der Waals surface area contributed by atoms with Crippen molar-refractivity contribution < 1.29 is 14.2 Å². The van der Waals surface area contributed by atoms with E-state index >= 15 is 0 Å². The summed E-state index contributed by atoms with van der Waals surface area (Å²) in [5, 5.41) is 14.9. The maximum absolute atomic E-state index is 10.6. The van der Waals surface area contributed by atoms with E-state index in [4.69, 9.17) is 20.9 Å². The SMILES string of the molecule is O=[N+]([O-])c1ccc(-c2noc(COc3ccccc3Cl)n2)cc1. The van der Waals surface area contributed by atoms with Crippen LogP contribution in [0.3, 0.4) is 0 Å². The van der Waals surface area contributed by atoms with Gasteiger partial charge in [-0.3, -0.25) is 10.1 Å². The van der Waals surface area contributed by atoms with Crippen LogP contribution in [0.5, 0.6) is 5.75 Å². The van der Waals surface area contributed by atoms with Gasteiger partial charge in [0.2, 0.25) is 5.82 Å². The number of rotatable bonds is 5. The van der Waals surface area contributed by atoms with E-state index in [-0.39, 0.29) is 18.2 Å². The maximum atomic E-state index is 10.6. The van der Waals surface area contributed by atoms with Crippen LogP contribution < -0.4 is 4.74 Å². The molecule has 2 aromatic carbocycles. The third-order valence-electron chi connectivity index (χ3n) is 2.99. The van der Waals surface area contributed by atoms with Gasteiger partial charge in [-0.05, 0) is 24.3 Å². The van der Waals surface area contributed by atoms with Gasteiger partial charge in [-0.2, -0.15) is 4.98 Å². The van der Waals surface area contributed by atoms with Crippen LogP contribution in [0.15, 0.2) is 53.1 Å². The number of nitro groups is 1. The first-order valence-electron chi connectivity index (χ1n) is 6.58. The van der Waals surface area contributed by atoms with E-state index in [1.54, 1.807) is 36.4 Å². The minimum absolute atomic E-state index is 0.000443. The van der Waals surface area contributed by atoms with Crippen LogP contribution in [-0.2, 0) is 6.61 Å². The molecule has 0 radical (unpaired) electrons. The largest absolute Gasteiger partial charge is 0.482 e. The van der Waals surface area contributed by atoms with Crippen molar-refractivity contribution in [3.8, 4) is 17.1 Å². The summed E-state index contributed by atoms with van der Waals surface area (Å²) in [6.45, 7) is 0.0731. The number of halogens is 1. The Kier molecular flexibility index (Phi) is 4.20. The van der Waals surface area contributed by atoms with E-state index in [0.717, 1.165) is 0 Å². The lowest BCUT2D eigenvalue weighted by atomic mass is 10.2. The molecule has 0 aliphatic carbocycles. The lowest BCUT2D eigenvalue weighted by Crippen LogP contribution is -1.96. The van der Waals surface area contributed by atoms with Crippen molar-refractivity contribution in [1.82, 2.24) is 10.1 Å². The molecule has 1 heterocycles. The fraction of sp³-hybridized carbons (Fsp3) is 0.0667. The molecule has 116 valence electrons. The Balaban J connectivity index is 1.70. The standard InChI is InChI=1S/C15H10ClN3O4/c16-12-3-1-2-4-13(12)22-9-14-17-15(18-23-14)10-5-7-11(8-6-10)19(20)21/h1-8H,9H2. The minimum atomic E-state index is -0.469. The van der Waals surface area contributed by atoms with Crippen molar-refractivity contribution in [2.75, 3.05) is 0 Å². The summed E-state index contributed by atoms with van der Waals surface area (Å²) in [6.07, 6.45) is 0. The molecule has 7 nitrogen and oxygen atoms in total. The number of hydrogen-bond donors (Lipinski definition) is 0. The molecule has 1 aromatic heterocycles. The number of ether oxygens (including phenoxy) is 1. The van der Waals surface area contributed by atoms with Gasteiger partial charge in [-0.25, -0.2) is 0 Å². The third-order valence-corrected chi connectivity index (χ3v) is 3.30. The Morgan fingerprint density at radius 3 is 2.61 bits per heavy atom. The molecule has 3 rings (SSSR count). The zero-order chi connectivity index (χ0) is 16.2. The summed E-state index contributed by atoms with van der Waals surface area (Å²) in [6, 6.07) is 12.9. The number of hydrogen-bond acceptors (Lipinski definition) is 6. The Labute approximate surface area is 135 Å². The van der Waals surface area contributed by atoms with Gasteiger partial charge in [0.25, 0.3) is 11.6 Å². The van der Waals surface area contributed by atoms with Gasteiger partial charge in [-0.1, -0.05) is 28.9 Å².